The molecule has 0 saturated carbocycles. The van der Waals surface area contributed by atoms with E-state index in [0.29, 0.717) is 19.6 Å². The van der Waals surface area contributed by atoms with E-state index in [1.54, 1.807) is 0 Å². The van der Waals surface area contributed by atoms with Crippen molar-refractivity contribution in [3.63, 3.8) is 0 Å². The Kier molecular flexibility index (Phi) is 6.57. The monoisotopic (exact) mass is 375 g/mol. The number of thioether (sulfide) groups is 1. The Labute approximate surface area is 157 Å². The van der Waals surface area contributed by atoms with Gasteiger partial charge in [0.2, 0.25) is 0 Å². The number of likely N-dealkylation sites (tertiary alicyclic amines) is 1. The molecule has 140 valence electrons. The summed E-state index contributed by atoms with van der Waals surface area (Å²) in [5, 5.41) is 2.90. The van der Waals surface area contributed by atoms with E-state index in [-0.39, 0.29) is 11.4 Å². The Hall–Kier alpha value is -1.99. The number of nitrogens with two attached hydrogens (primary N) is 1. The SMILES string of the molecule is Nc1c(NCCCOc2cccc(SCN3CCCCC3)c2)c(=O)c1=O. The van der Waals surface area contributed by atoms with Gasteiger partial charge in [-0.3, -0.25) is 14.5 Å². The Bertz CT molecular complexity index is 796. The fourth-order valence-corrected chi connectivity index (χ4v) is 3.93. The highest BCUT2D eigenvalue weighted by atomic mass is 32.2. The van der Waals surface area contributed by atoms with Crippen LogP contribution in [0.4, 0.5) is 11.4 Å². The molecule has 1 aliphatic rings. The van der Waals surface area contributed by atoms with Gasteiger partial charge in [-0.15, -0.1) is 11.8 Å². The van der Waals surface area contributed by atoms with Gasteiger partial charge in [-0.2, -0.15) is 0 Å². The standard InChI is InChI=1S/C19H25N3O3S/c20-16-17(19(24)18(16)23)21-8-5-11-25-14-6-4-7-15(12-14)26-13-22-9-2-1-3-10-22/h4,6-7,12,21H,1-3,5,8-11,13,20H2. The van der Waals surface area contributed by atoms with Crippen molar-refractivity contribution < 1.29 is 4.74 Å². The van der Waals surface area contributed by atoms with Crippen molar-refractivity contribution in [1.82, 2.24) is 4.90 Å². The molecular formula is C19H25N3O3S. The highest BCUT2D eigenvalue weighted by Crippen LogP contribution is 2.25. The fourth-order valence-electron chi connectivity index (χ4n) is 2.97. The number of hydrogen-bond donors (Lipinski definition) is 2. The summed E-state index contributed by atoms with van der Waals surface area (Å²) in [6.07, 6.45) is 4.68. The van der Waals surface area contributed by atoms with Crippen molar-refractivity contribution in [2.75, 3.05) is 43.2 Å². The predicted molar refractivity (Wildman–Crippen MR) is 107 cm³/mol. The van der Waals surface area contributed by atoms with Gasteiger partial charge < -0.3 is 15.8 Å². The predicted octanol–water partition coefficient (Wildman–Crippen LogP) is 2.28. The molecule has 3 rings (SSSR count). The van der Waals surface area contributed by atoms with Crippen LogP contribution in [0.5, 0.6) is 5.75 Å². The third-order valence-electron chi connectivity index (χ3n) is 4.51. The number of nitrogens with one attached hydrogen (secondary N) is 1. The molecule has 1 heterocycles. The number of benzene rings is 1. The van der Waals surface area contributed by atoms with E-state index in [2.05, 4.69) is 22.3 Å². The van der Waals surface area contributed by atoms with Crippen molar-refractivity contribution in [2.45, 2.75) is 30.6 Å². The van der Waals surface area contributed by atoms with E-state index in [0.717, 1.165) is 11.6 Å². The lowest BCUT2D eigenvalue weighted by Gasteiger charge is -2.25. The number of nitrogens with zero attached hydrogens (tertiary/aromatic N) is 1. The minimum Gasteiger partial charge on any atom is -0.493 e. The summed E-state index contributed by atoms with van der Waals surface area (Å²) in [7, 11) is 0. The first-order chi connectivity index (χ1) is 12.6. The molecule has 6 nitrogen and oxygen atoms in total. The van der Waals surface area contributed by atoms with Gasteiger partial charge in [0.1, 0.15) is 17.1 Å². The van der Waals surface area contributed by atoms with E-state index in [1.165, 1.54) is 37.2 Å². The van der Waals surface area contributed by atoms with E-state index in [9.17, 15) is 9.59 Å². The Balaban J connectivity index is 1.37. The average molecular weight is 375 g/mol. The van der Waals surface area contributed by atoms with E-state index >= 15 is 0 Å². The van der Waals surface area contributed by atoms with Crippen LogP contribution >= 0.6 is 11.8 Å². The van der Waals surface area contributed by atoms with Crippen LogP contribution in [0.3, 0.4) is 0 Å². The second-order valence-corrected chi connectivity index (χ2v) is 7.52. The van der Waals surface area contributed by atoms with Crippen LogP contribution in [0, 0.1) is 0 Å². The lowest BCUT2D eigenvalue weighted by Crippen LogP contribution is -2.37. The first kappa shape index (κ1) is 18.8. The molecule has 1 aliphatic heterocycles. The molecule has 0 spiro atoms. The van der Waals surface area contributed by atoms with E-state index in [1.807, 2.05) is 23.9 Å². The van der Waals surface area contributed by atoms with Crippen LogP contribution in [-0.4, -0.2) is 37.0 Å². The largest absolute Gasteiger partial charge is 0.493 e. The number of piperidine rings is 1. The number of rotatable bonds is 9. The van der Waals surface area contributed by atoms with Gasteiger partial charge in [-0.25, -0.2) is 0 Å². The van der Waals surface area contributed by atoms with E-state index in [4.69, 9.17) is 10.5 Å². The normalized spacial score (nSPS) is 15.2. The summed E-state index contributed by atoms with van der Waals surface area (Å²) in [5.74, 6) is 1.87. The first-order valence-electron chi connectivity index (χ1n) is 9.06. The third kappa shape index (κ3) is 4.80. The fraction of sp³-hybridized carbons (Fsp3) is 0.474. The van der Waals surface area contributed by atoms with E-state index < -0.39 is 10.9 Å². The molecule has 0 bridgehead atoms. The van der Waals surface area contributed by atoms with Crippen LogP contribution in [-0.2, 0) is 0 Å². The van der Waals surface area contributed by atoms with Gasteiger partial charge in [0.25, 0.3) is 10.9 Å². The average Bonchev–Trinajstić information content (AvgIpc) is 2.69. The highest BCUT2D eigenvalue weighted by molar-refractivity contribution is 7.99. The van der Waals surface area contributed by atoms with Crippen molar-refractivity contribution in [3.8, 4) is 5.75 Å². The molecule has 2 aromatic rings. The maximum Gasteiger partial charge on any atom is 0.253 e. The molecule has 1 fully saturated rings. The Morgan fingerprint density at radius 3 is 2.73 bits per heavy atom. The molecule has 0 unspecified atom stereocenters. The van der Waals surface area contributed by atoms with Crippen LogP contribution in [0.15, 0.2) is 38.8 Å². The minimum absolute atomic E-state index is 0.0364. The number of hydrogen-bond acceptors (Lipinski definition) is 7. The number of nitrogen functional groups attached to an aromatic ring is 1. The summed E-state index contributed by atoms with van der Waals surface area (Å²) < 4.78 is 5.78. The molecule has 26 heavy (non-hydrogen) atoms. The van der Waals surface area contributed by atoms with Crippen molar-refractivity contribution >= 4 is 23.1 Å². The molecule has 7 heteroatoms. The second kappa shape index (κ2) is 9.09. The van der Waals surface area contributed by atoms with Crippen molar-refractivity contribution in [1.29, 1.82) is 0 Å². The molecule has 0 aromatic heterocycles. The first-order valence-corrected chi connectivity index (χ1v) is 10.0. The third-order valence-corrected chi connectivity index (χ3v) is 5.59. The quantitative estimate of drug-likeness (QED) is 0.395. The maximum absolute atomic E-state index is 11.3. The van der Waals surface area contributed by atoms with Gasteiger partial charge in [-0.05, 0) is 50.6 Å². The van der Waals surface area contributed by atoms with Crippen LogP contribution in [0.2, 0.25) is 0 Å². The lowest BCUT2D eigenvalue weighted by atomic mass is 10.1. The summed E-state index contributed by atoms with van der Waals surface area (Å²) in [4.78, 5) is 26.0. The molecule has 0 radical (unpaired) electrons. The molecule has 0 aliphatic carbocycles. The summed E-state index contributed by atoms with van der Waals surface area (Å²) in [5.41, 5.74) is 4.63. The minimum atomic E-state index is -0.595. The lowest BCUT2D eigenvalue weighted by molar-refractivity contribution is 0.266. The molecule has 2 aromatic carbocycles. The topological polar surface area (TPSA) is 84.7 Å². The molecule has 3 N–H and O–H groups in total. The summed E-state index contributed by atoms with van der Waals surface area (Å²) >= 11 is 1.84. The number of ether oxygens (including phenoxy) is 1. The van der Waals surface area contributed by atoms with Gasteiger partial charge in [0.05, 0.1) is 6.61 Å². The van der Waals surface area contributed by atoms with Crippen molar-refractivity contribution in [2.24, 2.45) is 0 Å². The van der Waals surface area contributed by atoms with Gasteiger partial charge in [-0.1, -0.05) is 12.5 Å². The van der Waals surface area contributed by atoms with Gasteiger partial charge in [0.15, 0.2) is 0 Å². The number of anilines is 2. The second-order valence-electron chi connectivity index (χ2n) is 6.50. The molecule has 0 amide bonds. The molecular weight excluding hydrogens is 350 g/mol. The van der Waals surface area contributed by atoms with Gasteiger partial charge in [0, 0.05) is 17.3 Å². The van der Waals surface area contributed by atoms with Crippen LogP contribution in [0.1, 0.15) is 25.7 Å². The van der Waals surface area contributed by atoms with Crippen molar-refractivity contribution in [3.05, 3.63) is 44.7 Å². The zero-order valence-corrected chi connectivity index (χ0v) is 15.6. The highest BCUT2D eigenvalue weighted by Gasteiger charge is 2.16. The van der Waals surface area contributed by atoms with Crippen LogP contribution in [0.25, 0.3) is 0 Å². The molecule has 1 saturated heterocycles. The zero-order valence-electron chi connectivity index (χ0n) is 14.8. The maximum atomic E-state index is 11.3. The smallest absolute Gasteiger partial charge is 0.253 e. The summed E-state index contributed by atoms with van der Waals surface area (Å²) in [6, 6.07) is 8.14. The van der Waals surface area contributed by atoms with Gasteiger partial charge >= 0.3 is 0 Å². The summed E-state index contributed by atoms with van der Waals surface area (Å²) in [6.45, 7) is 3.47. The Morgan fingerprint density at radius 2 is 1.96 bits per heavy atom. The zero-order chi connectivity index (χ0) is 18.4. The van der Waals surface area contributed by atoms with Crippen LogP contribution < -0.4 is 26.6 Å². The molecule has 0 atom stereocenters. The Morgan fingerprint density at radius 1 is 1.15 bits per heavy atom.